The molecular formula is C34H50N4O4S. The summed E-state index contributed by atoms with van der Waals surface area (Å²) in [5, 5.41) is 10.6. The van der Waals surface area contributed by atoms with Gasteiger partial charge in [0.05, 0.1) is 29.2 Å². The third kappa shape index (κ3) is 5.63. The van der Waals surface area contributed by atoms with Gasteiger partial charge in [0, 0.05) is 49.3 Å². The Labute approximate surface area is 262 Å². The van der Waals surface area contributed by atoms with Crippen molar-refractivity contribution in [1.82, 2.24) is 9.80 Å². The van der Waals surface area contributed by atoms with Crippen molar-refractivity contribution in [3.8, 4) is 0 Å². The van der Waals surface area contributed by atoms with Crippen LogP contribution in [-0.2, 0) is 14.4 Å². The van der Waals surface area contributed by atoms with Crippen molar-refractivity contribution in [2.45, 2.75) is 75.5 Å². The van der Waals surface area contributed by atoms with E-state index in [2.05, 4.69) is 52.7 Å². The second kappa shape index (κ2) is 13.1. The predicted octanol–water partition coefficient (Wildman–Crippen LogP) is 4.58. The van der Waals surface area contributed by atoms with Crippen LogP contribution in [0, 0.1) is 17.8 Å². The fraction of sp³-hybridized carbons (Fsp3) is 0.618. The van der Waals surface area contributed by atoms with Crippen molar-refractivity contribution in [3.05, 3.63) is 49.6 Å². The lowest BCUT2D eigenvalue weighted by Gasteiger charge is -2.40. The number of aliphatic hydroxyl groups excluding tert-OH is 1. The highest BCUT2D eigenvalue weighted by atomic mass is 32.2. The molecule has 0 saturated carbocycles. The molecule has 3 fully saturated rings. The van der Waals surface area contributed by atoms with Gasteiger partial charge in [0.1, 0.15) is 6.04 Å². The first-order valence-corrected chi connectivity index (χ1v) is 16.5. The SMILES string of the molecule is C=CCN(C)C(=O)[C@@H]1[C@H]2C(=O)N([C@@H](CO)CC(C)C)C(C(=O)N(CC=C)c3ccc(N(CC)CC)cc3)C23CC[C@@]1(C)S3. The van der Waals surface area contributed by atoms with Crippen LogP contribution in [0.3, 0.4) is 0 Å². The quantitative estimate of drug-likeness (QED) is 0.311. The molecule has 1 N–H and O–H groups in total. The number of aliphatic hydroxyl groups is 1. The molecule has 2 bridgehead atoms. The van der Waals surface area contributed by atoms with Gasteiger partial charge in [-0.1, -0.05) is 26.0 Å². The van der Waals surface area contributed by atoms with Crippen LogP contribution in [0.4, 0.5) is 11.4 Å². The lowest BCUT2D eigenvalue weighted by Crippen LogP contribution is -2.58. The van der Waals surface area contributed by atoms with Gasteiger partial charge in [0.25, 0.3) is 5.91 Å². The highest BCUT2D eigenvalue weighted by Crippen LogP contribution is 2.72. The van der Waals surface area contributed by atoms with Crippen LogP contribution < -0.4 is 9.80 Å². The molecular weight excluding hydrogens is 560 g/mol. The zero-order chi connectivity index (χ0) is 31.7. The Morgan fingerprint density at radius 3 is 2.21 bits per heavy atom. The molecule has 2 unspecified atom stereocenters. The average molecular weight is 611 g/mol. The van der Waals surface area contributed by atoms with E-state index < -0.39 is 33.4 Å². The van der Waals surface area contributed by atoms with E-state index in [4.69, 9.17) is 0 Å². The van der Waals surface area contributed by atoms with Gasteiger partial charge in [-0.15, -0.1) is 24.9 Å². The van der Waals surface area contributed by atoms with Gasteiger partial charge in [0.15, 0.2) is 0 Å². The molecule has 1 spiro atoms. The Kier molecular flexibility index (Phi) is 10.1. The minimum atomic E-state index is -0.808. The molecule has 236 valence electrons. The second-order valence-electron chi connectivity index (χ2n) is 12.9. The van der Waals surface area contributed by atoms with Crippen LogP contribution in [0.1, 0.15) is 53.9 Å². The maximum Gasteiger partial charge on any atom is 0.251 e. The first kappa shape index (κ1) is 33.1. The number of anilines is 2. The summed E-state index contributed by atoms with van der Waals surface area (Å²) >= 11 is 1.66. The van der Waals surface area contributed by atoms with Gasteiger partial charge >= 0.3 is 0 Å². The topological polar surface area (TPSA) is 84.4 Å². The van der Waals surface area contributed by atoms with E-state index in [1.165, 1.54) is 0 Å². The molecule has 4 rings (SSSR count). The molecule has 0 radical (unpaired) electrons. The van der Waals surface area contributed by atoms with Crippen LogP contribution in [0.15, 0.2) is 49.6 Å². The monoisotopic (exact) mass is 610 g/mol. The summed E-state index contributed by atoms with van der Waals surface area (Å²) in [5.74, 6) is -1.44. The normalized spacial score (nSPS) is 28.1. The number of thioether (sulfide) groups is 1. The lowest BCUT2D eigenvalue weighted by atomic mass is 9.66. The Hall–Kier alpha value is -2.78. The molecule has 3 aliphatic heterocycles. The molecule has 8 nitrogen and oxygen atoms in total. The van der Waals surface area contributed by atoms with E-state index in [0.29, 0.717) is 19.4 Å². The third-order valence-corrected chi connectivity index (χ3v) is 11.7. The predicted molar refractivity (Wildman–Crippen MR) is 176 cm³/mol. The van der Waals surface area contributed by atoms with Gasteiger partial charge in [-0.3, -0.25) is 14.4 Å². The molecule has 0 aliphatic carbocycles. The molecule has 6 atom stereocenters. The van der Waals surface area contributed by atoms with Crippen molar-refractivity contribution in [2.24, 2.45) is 17.8 Å². The molecule has 3 amide bonds. The average Bonchev–Trinajstić information content (AvgIpc) is 3.55. The zero-order valence-electron chi connectivity index (χ0n) is 26.8. The molecule has 3 aliphatic rings. The van der Waals surface area contributed by atoms with Crippen molar-refractivity contribution < 1.29 is 19.5 Å². The highest BCUT2D eigenvalue weighted by Gasteiger charge is 2.78. The number of nitrogens with zero attached hydrogens (tertiary/aromatic N) is 4. The molecule has 1 aromatic carbocycles. The van der Waals surface area contributed by atoms with Crippen LogP contribution in [0.25, 0.3) is 0 Å². The number of benzene rings is 1. The van der Waals surface area contributed by atoms with Crippen molar-refractivity contribution in [2.75, 3.05) is 49.6 Å². The lowest BCUT2D eigenvalue weighted by molar-refractivity contribution is -0.146. The Bertz CT molecular complexity index is 1220. The fourth-order valence-corrected chi connectivity index (χ4v) is 10.1. The van der Waals surface area contributed by atoms with Crippen molar-refractivity contribution in [3.63, 3.8) is 0 Å². The number of likely N-dealkylation sites (N-methyl/N-ethyl adjacent to an activating group) is 1. The number of carbonyl (C=O) groups is 3. The van der Waals surface area contributed by atoms with Crippen molar-refractivity contribution in [1.29, 1.82) is 0 Å². The molecule has 1 aromatic rings. The summed E-state index contributed by atoms with van der Waals surface area (Å²) in [4.78, 5) is 50.8. The Morgan fingerprint density at radius 1 is 1.07 bits per heavy atom. The number of carbonyl (C=O) groups excluding carboxylic acids is 3. The van der Waals surface area contributed by atoms with E-state index in [1.807, 2.05) is 24.3 Å². The molecule has 3 heterocycles. The third-order valence-electron chi connectivity index (χ3n) is 9.71. The van der Waals surface area contributed by atoms with Crippen LogP contribution in [-0.4, -0.2) is 94.0 Å². The summed E-state index contributed by atoms with van der Waals surface area (Å²) in [6.07, 6.45) is 5.36. The Balaban J connectivity index is 1.82. The van der Waals surface area contributed by atoms with Gasteiger partial charge in [0.2, 0.25) is 11.8 Å². The molecule has 3 saturated heterocycles. The second-order valence-corrected chi connectivity index (χ2v) is 14.8. The molecule has 43 heavy (non-hydrogen) atoms. The number of rotatable bonds is 14. The maximum atomic E-state index is 14.9. The highest BCUT2D eigenvalue weighted by molar-refractivity contribution is 8.02. The summed E-state index contributed by atoms with van der Waals surface area (Å²) in [5.41, 5.74) is 1.82. The fourth-order valence-electron chi connectivity index (χ4n) is 7.79. The smallest absolute Gasteiger partial charge is 0.251 e. The maximum absolute atomic E-state index is 14.9. The van der Waals surface area contributed by atoms with Gasteiger partial charge in [-0.25, -0.2) is 0 Å². The number of fused-ring (bicyclic) bond motifs is 1. The minimum Gasteiger partial charge on any atom is -0.394 e. The van der Waals surface area contributed by atoms with E-state index in [1.54, 1.807) is 45.7 Å². The summed E-state index contributed by atoms with van der Waals surface area (Å²) < 4.78 is -1.22. The van der Waals surface area contributed by atoms with Gasteiger partial charge in [-0.05, 0) is 70.2 Å². The van der Waals surface area contributed by atoms with Crippen LogP contribution >= 0.6 is 11.8 Å². The minimum absolute atomic E-state index is 0.0813. The van der Waals surface area contributed by atoms with Crippen LogP contribution in [0.2, 0.25) is 0 Å². The van der Waals surface area contributed by atoms with E-state index in [0.717, 1.165) is 30.9 Å². The summed E-state index contributed by atoms with van der Waals surface area (Å²) in [7, 11) is 1.75. The van der Waals surface area contributed by atoms with Crippen LogP contribution in [0.5, 0.6) is 0 Å². The number of likely N-dealkylation sites (tertiary alicyclic amines) is 1. The van der Waals surface area contributed by atoms with Gasteiger partial charge in [-0.2, -0.15) is 0 Å². The number of amides is 3. The van der Waals surface area contributed by atoms with Crippen molar-refractivity contribution >= 4 is 40.9 Å². The Morgan fingerprint density at radius 2 is 1.67 bits per heavy atom. The number of hydrogen-bond acceptors (Lipinski definition) is 6. The molecule has 9 heteroatoms. The number of hydrogen-bond donors (Lipinski definition) is 1. The summed E-state index contributed by atoms with van der Waals surface area (Å²) in [6, 6.07) is 6.64. The van der Waals surface area contributed by atoms with E-state index >= 15 is 0 Å². The largest absolute Gasteiger partial charge is 0.394 e. The molecule has 0 aromatic heterocycles. The van der Waals surface area contributed by atoms with Gasteiger partial charge < -0.3 is 24.7 Å². The first-order valence-electron chi connectivity index (χ1n) is 15.7. The zero-order valence-corrected chi connectivity index (χ0v) is 27.6. The first-order chi connectivity index (χ1) is 20.4. The van der Waals surface area contributed by atoms with E-state index in [9.17, 15) is 19.5 Å². The van der Waals surface area contributed by atoms with E-state index in [-0.39, 0.29) is 36.8 Å². The summed E-state index contributed by atoms with van der Waals surface area (Å²) in [6.45, 7) is 20.3. The standard InChI is InChI=1S/C34H50N4O4S/c1-9-19-35(8)30(40)27-28-31(41)38(26(22-39)21-23(5)6)29(34(28)18-17-33(27,7)43-34)32(42)37(20-10-2)25-15-13-24(14-16-25)36(11-3)12-4/h9-10,13-16,23,26-29,39H,1-2,11-12,17-22H2,3-8H3/t26-,27+,28+,29?,33-,34?/m1/s1.